The van der Waals surface area contributed by atoms with Gasteiger partial charge in [-0.05, 0) is 32.0 Å². The molecule has 3 aromatic rings. The normalized spacial score (nSPS) is 18.7. The van der Waals surface area contributed by atoms with Gasteiger partial charge in [-0.1, -0.05) is 38.0 Å². The number of pyridine rings is 1. The second-order valence-corrected chi connectivity index (χ2v) is 9.64. The van der Waals surface area contributed by atoms with Gasteiger partial charge in [0, 0.05) is 31.2 Å². The van der Waals surface area contributed by atoms with Crippen molar-refractivity contribution in [2.45, 2.75) is 70.1 Å². The largest absolute Gasteiger partial charge is 0.480 e. The molecule has 4 rings (SSSR count). The molecule has 1 aliphatic rings. The number of benzene rings is 1. The first-order chi connectivity index (χ1) is 17.9. The molecule has 1 N–H and O–H groups in total. The number of aromatic nitrogens is 2. The van der Waals surface area contributed by atoms with Crippen LogP contribution in [0.1, 0.15) is 63.8 Å². The van der Waals surface area contributed by atoms with E-state index in [1.165, 1.54) is 0 Å². The van der Waals surface area contributed by atoms with Crippen LogP contribution in [0.5, 0.6) is 5.88 Å². The van der Waals surface area contributed by atoms with Gasteiger partial charge < -0.3 is 14.5 Å². The van der Waals surface area contributed by atoms with E-state index in [1.807, 2.05) is 37.3 Å². The second-order valence-electron chi connectivity index (χ2n) is 9.64. The molecule has 1 saturated heterocycles. The van der Waals surface area contributed by atoms with Crippen molar-refractivity contribution in [1.29, 1.82) is 0 Å². The molecule has 0 bridgehead atoms. The van der Waals surface area contributed by atoms with Gasteiger partial charge in [-0.2, -0.15) is 0 Å². The fourth-order valence-electron chi connectivity index (χ4n) is 4.80. The third-order valence-corrected chi connectivity index (χ3v) is 6.93. The lowest BCUT2D eigenvalue weighted by molar-refractivity contribution is -0.126. The summed E-state index contributed by atoms with van der Waals surface area (Å²) >= 11 is 0. The Morgan fingerprint density at radius 3 is 2.81 bits per heavy atom. The van der Waals surface area contributed by atoms with Crippen molar-refractivity contribution in [3.63, 3.8) is 0 Å². The number of halogens is 1. The Bertz CT molecular complexity index is 1230. The first-order valence-electron chi connectivity index (χ1n) is 13.0. The summed E-state index contributed by atoms with van der Waals surface area (Å²) in [6, 6.07) is 8.67. The number of alkyl halides is 1. The predicted molar refractivity (Wildman–Crippen MR) is 139 cm³/mol. The number of nitrogens with zero attached hydrogens (tertiary/aromatic N) is 3. The molecule has 3 atom stereocenters. The molecule has 0 spiro atoms. The number of carbonyl (C=O) groups excluding carboxylic acids is 2. The Balaban J connectivity index is 1.53. The van der Waals surface area contributed by atoms with E-state index in [4.69, 9.17) is 9.15 Å². The molecule has 1 aliphatic heterocycles. The highest BCUT2D eigenvalue weighted by Crippen LogP contribution is 2.34. The molecule has 1 aromatic carbocycles. The standard InChI is InChI=1S/C28H35FN4O4/c1-4-20(34)11-6-5-7-13-23(31-26(35)24-15-19(29)17-33(24)2)28-30-16-25(37-28)21-14-18-10-8-9-12-22(18)32-27(21)36-3/h8-10,12,14,16,19,23-24H,4-7,11,13,15,17H2,1-3H3,(H,31,35). The fraction of sp³-hybridized carbons (Fsp3) is 0.500. The maximum Gasteiger partial charge on any atom is 0.238 e. The van der Waals surface area contributed by atoms with Gasteiger partial charge in [0.15, 0.2) is 5.76 Å². The molecule has 2 aromatic heterocycles. The van der Waals surface area contributed by atoms with E-state index in [1.54, 1.807) is 25.3 Å². The average molecular weight is 511 g/mol. The minimum atomic E-state index is -1.02. The van der Waals surface area contributed by atoms with Crippen LogP contribution < -0.4 is 10.1 Å². The Hall–Kier alpha value is -3.33. The molecular weight excluding hydrogens is 475 g/mol. The molecular formula is C28H35FN4O4. The predicted octanol–water partition coefficient (Wildman–Crippen LogP) is 5.03. The van der Waals surface area contributed by atoms with Crippen LogP contribution in [0, 0.1) is 0 Å². The Kier molecular flexibility index (Phi) is 8.87. The van der Waals surface area contributed by atoms with E-state index in [2.05, 4.69) is 15.3 Å². The number of hydrogen-bond donors (Lipinski definition) is 1. The molecule has 37 heavy (non-hydrogen) atoms. The van der Waals surface area contributed by atoms with Crippen LogP contribution in [0.3, 0.4) is 0 Å². The second kappa shape index (κ2) is 12.3. The van der Waals surface area contributed by atoms with Crippen molar-refractivity contribution in [3.05, 3.63) is 42.4 Å². The van der Waals surface area contributed by atoms with Crippen LogP contribution >= 0.6 is 0 Å². The number of ketones is 1. The summed E-state index contributed by atoms with van der Waals surface area (Å²) in [6.45, 7) is 2.11. The zero-order valence-corrected chi connectivity index (χ0v) is 21.7. The Morgan fingerprint density at radius 2 is 2.08 bits per heavy atom. The summed E-state index contributed by atoms with van der Waals surface area (Å²) in [4.78, 5) is 35.5. The Morgan fingerprint density at radius 1 is 1.27 bits per heavy atom. The summed E-state index contributed by atoms with van der Waals surface area (Å²) < 4.78 is 25.6. The monoisotopic (exact) mass is 510 g/mol. The molecule has 198 valence electrons. The number of fused-ring (bicyclic) bond motifs is 1. The number of nitrogens with one attached hydrogen (secondary N) is 1. The van der Waals surface area contributed by atoms with Crippen molar-refractivity contribution >= 4 is 22.6 Å². The van der Waals surface area contributed by atoms with Crippen LogP contribution in [0.4, 0.5) is 4.39 Å². The first-order valence-corrected chi connectivity index (χ1v) is 13.0. The molecule has 3 heterocycles. The number of unbranched alkanes of at least 4 members (excludes halogenated alkanes) is 2. The molecule has 8 nitrogen and oxygen atoms in total. The SMILES string of the molecule is CCC(=O)CCCCCC(NC(=O)C1CC(F)CN1C)c1ncc(-c2cc3ccccc3nc2OC)o1. The number of para-hydroxylation sites is 1. The zero-order chi connectivity index (χ0) is 26.4. The van der Waals surface area contributed by atoms with E-state index in [0.717, 1.165) is 30.2 Å². The highest BCUT2D eigenvalue weighted by Gasteiger charge is 2.36. The minimum absolute atomic E-state index is 0.172. The topological polar surface area (TPSA) is 97.6 Å². The van der Waals surface area contributed by atoms with Crippen LogP contribution in [0.15, 0.2) is 40.9 Å². The first kappa shape index (κ1) is 26.7. The van der Waals surface area contributed by atoms with Gasteiger partial charge >= 0.3 is 0 Å². The summed E-state index contributed by atoms with van der Waals surface area (Å²) in [7, 11) is 3.31. The maximum atomic E-state index is 13.9. The quantitative estimate of drug-likeness (QED) is 0.341. The number of likely N-dealkylation sites (tertiary alicyclic amines) is 1. The molecule has 3 unspecified atom stereocenters. The smallest absolute Gasteiger partial charge is 0.238 e. The number of ether oxygens (including phenoxy) is 1. The number of rotatable bonds is 12. The molecule has 9 heteroatoms. The zero-order valence-electron chi connectivity index (χ0n) is 21.7. The number of amides is 1. The number of hydrogen-bond acceptors (Lipinski definition) is 7. The summed E-state index contributed by atoms with van der Waals surface area (Å²) in [5.41, 5.74) is 1.47. The van der Waals surface area contributed by atoms with Gasteiger partial charge in [0.05, 0.1) is 30.4 Å². The van der Waals surface area contributed by atoms with Gasteiger partial charge in [0.25, 0.3) is 0 Å². The number of oxazole rings is 1. The van der Waals surface area contributed by atoms with E-state index in [-0.39, 0.29) is 24.7 Å². The number of Topliss-reactive ketones (excluding diaryl/α,β-unsaturated/α-hetero) is 1. The number of methoxy groups -OCH3 is 1. The highest BCUT2D eigenvalue weighted by atomic mass is 19.1. The van der Waals surface area contributed by atoms with Crippen LogP contribution in [-0.2, 0) is 9.59 Å². The van der Waals surface area contributed by atoms with Gasteiger partial charge in [0.1, 0.15) is 18.0 Å². The summed E-state index contributed by atoms with van der Waals surface area (Å²) in [5, 5.41) is 3.98. The molecule has 0 aliphatic carbocycles. The van der Waals surface area contributed by atoms with Crippen molar-refractivity contribution in [2.24, 2.45) is 0 Å². The van der Waals surface area contributed by atoms with Crippen molar-refractivity contribution in [2.75, 3.05) is 20.7 Å². The van der Waals surface area contributed by atoms with Gasteiger partial charge in [0.2, 0.25) is 17.7 Å². The third kappa shape index (κ3) is 6.52. The van der Waals surface area contributed by atoms with E-state index >= 15 is 0 Å². The van der Waals surface area contributed by atoms with Gasteiger partial charge in [-0.3, -0.25) is 14.5 Å². The van der Waals surface area contributed by atoms with Crippen molar-refractivity contribution < 1.29 is 23.1 Å². The molecule has 0 saturated carbocycles. The molecule has 1 amide bonds. The van der Waals surface area contributed by atoms with E-state index < -0.39 is 18.3 Å². The minimum Gasteiger partial charge on any atom is -0.480 e. The van der Waals surface area contributed by atoms with Crippen molar-refractivity contribution in [1.82, 2.24) is 20.2 Å². The number of likely N-dealkylation sites (N-methyl/N-ethyl adjacent to an activating group) is 1. The lowest BCUT2D eigenvalue weighted by atomic mass is 10.0. The van der Waals surface area contributed by atoms with Gasteiger partial charge in [-0.15, -0.1) is 0 Å². The fourth-order valence-corrected chi connectivity index (χ4v) is 4.80. The lowest BCUT2D eigenvalue weighted by Crippen LogP contribution is -2.43. The third-order valence-electron chi connectivity index (χ3n) is 6.93. The molecule has 0 radical (unpaired) electrons. The maximum absolute atomic E-state index is 13.9. The summed E-state index contributed by atoms with van der Waals surface area (Å²) in [6.07, 6.45) is 4.92. The lowest BCUT2D eigenvalue weighted by Gasteiger charge is -2.22. The van der Waals surface area contributed by atoms with Crippen LogP contribution in [0.2, 0.25) is 0 Å². The highest BCUT2D eigenvalue weighted by molar-refractivity contribution is 5.85. The van der Waals surface area contributed by atoms with Crippen molar-refractivity contribution in [3.8, 4) is 17.2 Å². The Labute approximate surface area is 216 Å². The average Bonchev–Trinajstić information content (AvgIpc) is 3.52. The molecule has 1 fully saturated rings. The van der Waals surface area contributed by atoms with Crippen LogP contribution in [0.25, 0.3) is 22.2 Å². The van der Waals surface area contributed by atoms with Gasteiger partial charge in [-0.25, -0.2) is 14.4 Å². The number of carbonyl (C=O) groups is 2. The van der Waals surface area contributed by atoms with E-state index in [9.17, 15) is 14.0 Å². The van der Waals surface area contributed by atoms with Crippen LogP contribution in [-0.4, -0.2) is 59.5 Å². The van der Waals surface area contributed by atoms with E-state index in [0.29, 0.717) is 42.4 Å². The summed E-state index contributed by atoms with van der Waals surface area (Å²) in [5.74, 6) is 1.30.